The fourth-order valence-corrected chi connectivity index (χ4v) is 10.8. The molecule has 520 valence electrons. The molecule has 24 nitrogen and oxygen atoms in total. The van der Waals surface area contributed by atoms with E-state index in [4.69, 9.17) is 0 Å². The lowest BCUT2D eigenvalue weighted by Gasteiger charge is -2.06. The molecule has 0 radical (unpaired) electrons. The van der Waals surface area contributed by atoms with Crippen LogP contribution < -0.4 is 31.9 Å². The van der Waals surface area contributed by atoms with Gasteiger partial charge in [-0.1, -0.05) is 130 Å². The first-order valence-electron chi connectivity index (χ1n) is 30.1. The fourth-order valence-electron chi connectivity index (χ4n) is 8.02. The van der Waals surface area contributed by atoms with Crippen LogP contribution in [0.4, 0.5) is 0 Å². The van der Waals surface area contributed by atoms with Crippen LogP contribution in [0.3, 0.4) is 0 Å². The van der Waals surface area contributed by atoms with E-state index in [0.717, 1.165) is 46.5 Å². The highest BCUT2D eigenvalue weighted by atomic mass is 32.2. The third-order valence-electron chi connectivity index (χ3n) is 13.5. The summed E-state index contributed by atoms with van der Waals surface area (Å²) in [5.74, 6) is 0. The molecule has 7 aromatic carbocycles. The predicted octanol–water partition coefficient (Wildman–Crippen LogP) is 0.0357. The zero-order valence-electron chi connectivity index (χ0n) is 53.7. The molecular weight excluding hydrogens is 1330 g/mol. The van der Waals surface area contributed by atoms with E-state index in [-0.39, 0.29) is 29.4 Å². The molecule has 2 aliphatic heterocycles. The molecule has 2 aliphatic rings. The van der Waals surface area contributed by atoms with E-state index in [0.29, 0.717) is 0 Å². The Kier molecular flexibility index (Phi) is 38.4. The lowest BCUT2D eigenvalue weighted by atomic mass is 10.1. The van der Waals surface area contributed by atoms with E-state index < -0.39 is 60.7 Å². The second-order valence-corrected chi connectivity index (χ2v) is 30.1. The highest BCUT2D eigenvalue weighted by Gasteiger charge is 2.06. The molecule has 0 fully saturated rings. The normalized spacial score (nSPS) is 14.4. The van der Waals surface area contributed by atoms with Crippen LogP contribution >= 0.6 is 0 Å². The summed E-state index contributed by atoms with van der Waals surface area (Å²) in [4.78, 5) is -1.07. The van der Waals surface area contributed by atoms with Gasteiger partial charge in [0.15, 0.2) is 0 Å². The zero-order valence-corrected chi connectivity index (χ0v) is 58.6. The largest absolute Gasteiger partial charge is 0.744 e. The number of benzene rings is 7. The van der Waals surface area contributed by atoms with Crippen LogP contribution in [0.2, 0.25) is 0 Å². The minimum atomic E-state index is -4.27. The molecule has 94 heavy (non-hydrogen) atoms. The second kappa shape index (κ2) is 43.0. The minimum absolute atomic E-state index is 0.178. The summed E-state index contributed by atoms with van der Waals surface area (Å²) in [5.41, 5.74) is 8.48. The van der Waals surface area contributed by atoms with Crippen molar-refractivity contribution in [3.63, 3.8) is 0 Å². The molecule has 0 spiro atoms. The molecule has 2 bridgehead atoms. The van der Waals surface area contributed by atoms with Gasteiger partial charge in [-0.2, -0.15) is 0 Å². The van der Waals surface area contributed by atoms with Crippen molar-refractivity contribution in [3.05, 3.63) is 214 Å². The van der Waals surface area contributed by atoms with Gasteiger partial charge in [0.25, 0.3) is 0 Å². The molecule has 7 aromatic rings. The number of aryl methyl sites for hydroxylation is 6. The van der Waals surface area contributed by atoms with Crippen molar-refractivity contribution in [2.75, 3.05) is 65.4 Å². The number of nitrogens with two attached hydrogens (primary N) is 6. The topological polar surface area (TPSA) is 443 Å². The number of rotatable bonds is 6. The van der Waals surface area contributed by atoms with Crippen molar-refractivity contribution >= 4 is 60.7 Å². The monoisotopic (exact) mass is 1420 g/mol. The van der Waals surface area contributed by atoms with Gasteiger partial charge < -0.3 is 59.2 Å². The SMILES string of the molecule is Cc1ccc(S(=O)(=O)[O-])cc1.Cc1ccc(S(=O)(=O)[O-])cc1.Cc1ccc(S(=O)(=O)[O-])cc1.Cc1ccc(S(=O)(=O)[O-])cc1.Cc1ccc(S(=O)(=O)[O-])cc1.Cc1ccc(S(=O)(=O)[O-])cc1.c1cc2ccc1C[NH2+]CCC[NH2+]CCC[NH2+]CC[NH2+]CCC[NH2+]CCC[NH2+]C2. The lowest BCUT2D eigenvalue weighted by Crippen LogP contribution is -2.96. The Hall–Kier alpha value is -6.24. The fraction of sp³-hybridized carbons (Fsp3) is 0.344. The summed E-state index contributed by atoms with van der Waals surface area (Å²) in [6.45, 7) is 25.9. The van der Waals surface area contributed by atoms with E-state index in [1.807, 2.05) is 41.5 Å². The van der Waals surface area contributed by atoms with E-state index in [1.165, 1.54) is 175 Å². The highest BCUT2D eigenvalue weighted by molar-refractivity contribution is 7.87. The Morgan fingerprint density at radius 2 is 0.351 bits per heavy atom. The molecule has 0 atom stereocenters. The highest BCUT2D eigenvalue weighted by Crippen LogP contribution is 2.13. The van der Waals surface area contributed by atoms with Crippen molar-refractivity contribution < 1.29 is 110 Å². The van der Waals surface area contributed by atoms with Crippen molar-refractivity contribution in [1.82, 2.24) is 0 Å². The molecular formula is C64H90N6O18S6. The molecule has 0 aromatic heterocycles. The molecule has 12 N–H and O–H groups in total. The first-order valence-corrected chi connectivity index (χ1v) is 38.5. The molecule has 2 heterocycles. The minimum Gasteiger partial charge on any atom is -0.744 e. The van der Waals surface area contributed by atoms with Gasteiger partial charge in [0.2, 0.25) is 0 Å². The molecule has 9 rings (SSSR count). The van der Waals surface area contributed by atoms with E-state index in [1.54, 1.807) is 72.8 Å². The quantitative estimate of drug-likeness (QED) is 0.120. The van der Waals surface area contributed by atoms with Gasteiger partial charge in [-0.3, -0.25) is 0 Å². The summed E-state index contributed by atoms with van der Waals surface area (Å²) in [6, 6.07) is 44.0. The second-order valence-electron chi connectivity index (χ2n) is 21.9. The van der Waals surface area contributed by atoms with E-state index in [2.05, 4.69) is 56.2 Å². The van der Waals surface area contributed by atoms with E-state index in [9.17, 15) is 77.8 Å². The molecule has 0 saturated carbocycles. The Morgan fingerprint density at radius 3 is 0.500 bits per heavy atom. The number of fused-ring (bicyclic) bond motifs is 23. The first kappa shape index (κ1) is 83.8. The van der Waals surface area contributed by atoms with Gasteiger partial charge in [0.1, 0.15) is 86.9 Å². The Morgan fingerprint density at radius 1 is 0.213 bits per heavy atom. The molecule has 0 amide bonds. The Bertz CT molecular complexity index is 3380. The summed E-state index contributed by atoms with van der Waals surface area (Å²) < 4.78 is 187. The first-order chi connectivity index (χ1) is 43.9. The van der Waals surface area contributed by atoms with Crippen molar-refractivity contribution in [2.24, 2.45) is 0 Å². The Balaban J connectivity index is 0.000000391. The van der Waals surface area contributed by atoms with Gasteiger partial charge in [-0.15, -0.1) is 0 Å². The number of hydrogen-bond donors (Lipinski definition) is 6. The standard InChI is InChI=1S/C22H42N6.6C7H8O3S/c1-9-23-11-3-15-27-19-21-5-7-22(8-6-21)20-28-16-4-12-24-10-2-14-26-18-17-25-13-1;6*1-6-2-4-7(5-3-6)11(8,9)10/h5-8,23-28H,1-4,9-20H2;6*2-5H,1H3,(H,8,9,10). The maximum absolute atomic E-state index is 10.4. The third-order valence-corrected chi connectivity index (χ3v) is 18.6. The van der Waals surface area contributed by atoms with Crippen LogP contribution in [-0.4, -0.2) is 143 Å². The van der Waals surface area contributed by atoms with Crippen molar-refractivity contribution in [3.8, 4) is 0 Å². The average molecular weight is 1420 g/mol. The van der Waals surface area contributed by atoms with Gasteiger partial charge in [0, 0.05) is 36.8 Å². The van der Waals surface area contributed by atoms with Crippen LogP contribution in [0, 0.1) is 41.5 Å². The third kappa shape index (κ3) is 39.6. The van der Waals surface area contributed by atoms with Crippen LogP contribution in [0.5, 0.6) is 0 Å². The molecule has 0 unspecified atom stereocenters. The maximum atomic E-state index is 10.4. The molecule has 0 aliphatic carbocycles. The maximum Gasteiger partial charge on any atom is 0.125 e. The van der Waals surface area contributed by atoms with Gasteiger partial charge in [-0.05, 0) is 114 Å². The average Bonchev–Trinajstić information content (AvgIpc) is 1.25. The Labute approximate surface area is 556 Å². The van der Waals surface area contributed by atoms with Gasteiger partial charge >= 0.3 is 0 Å². The van der Waals surface area contributed by atoms with Crippen LogP contribution in [0.1, 0.15) is 70.2 Å². The summed E-state index contributed by atoms with van der Waals surface area (Å²) in [7, 11) is -25.6. The summed E-state index contributed by atoms with van der Waals surface area (Å²) in [6.07, 6.45) is 5.29. The zero-order chi connectivity index (χ0) is 70.4. The van der Waals surface area contributed by atoms with Crippen molar-refractivity contribution in [1.29, 1.82) is 0 Å². The van der Waals surface area contributed by atoms with Crippen LogP contribution in [0.15, 0.2) is 199 Å². The van der Waals surface area contributed by atoms with Crippen LogP contribution in [0.25, 0.3) is 0 Å². The predicted molar refractivity (Wildman–Crippen MR) is 347 cm³/mol. The lowest BCUT2D eigenvalue weighted by molar-refractivity contribution is -0.731. The smallest absolute Gasteiger partial charge is 0.125 e. The van der Waals surface area contributed by atoms with Crippen LogP contribution in [-0.2, 0) is 73.8 Å². The summed E-state index contributed by atoms with van der Waals surface area (Å²) in [5, 5.41) is 14.9. The molecule has 30 heteroatoms. The number of hydrogen-bond acceptors (Lipinski definition) is 18. The molecule has 0 saturated heterocycles. The van der Waals surface area contributed by atoms with E-state index >= 15 is 0 Å². The summed E-state index contributed by atoms with van der Waals surface area (Å²) >= 11 is 0. The van der Waals surface area contributed by atoms with Gasteiger partial charge in [0.05, 0.1) is 81.7 Å². The van der Waals surface area contributed by atoms with Gasteiger partial charge in [-0.25, -0.2) is 50.5 Å². The number of quaternary nitrogens is 6. The van der Waals surface area contributed by atoms with Crippen molar-refractivity contribution in [2.45, 2.75) is 110 Å².